The Morgan fingerprint density at radius 1 is 1.07 bits per heavy atom. The van der Waals surface area contributed by atoms with Crippen molar-refractivity contribution >= 4 is 11.8 Å². The van der Waals surface area contributed by atoms with Crippen molar-refractivity contribution in [3.05, 3.63) is 65.7 Å². The van der Waals surface area contributed by atoms with Gasteiger partial charge in [0.25, 0.3) is 0 Å². The van der Waals surface area contributed by atoms with Gasteiger partial charge in [-0.05, 0) is 74.8 Å². The maximum Gasteiger partial charge on any atom is 0.196 e. The Morgan fingerprint density at radius 2 is 1.83 bits per heavy atom. The van der Waals surface area contributed by atoms with E-state index in [1.807, 2.05) is 18.2 Å². The number of methoxy groups -OCH3 is 1. The van der Waals surface area contributed by atoms with Gasteiger partial charge >= 0.3 is 0 Å². The molecule has 1 aliphatic heterocycles. The van der Waals surface area contributed by atoms with Crippen LogP contribution >= 0.6 is 11.8 Å². The summed E-state index contributed by atoms with van der Waals surface area (Å²) in [7, 11) is 1.67. The Morgan fingerprint density at radius 3 is 2.57 bits per heavy atom. The number of nitrogens with zero attached hydrogens (tertiary/aromatic N) is 4. The molecule has 1 fully saturated rings. The first-order valence-electron chi connectivity index (χ1n) is 10.4. The zero-order valence-electron chi connectivity index (χ0n) is 17.4. The van der Waals surface area contributed by atoms with Crippen molar-refractivity contribution < 1.29 is 9.13 Å². The summed E-state index contributed by atoms with van der Waals surface area (Å²) in [5, 5.41) is 9.89. The summed E-state index contributed by atoms with van der Waals surface area (Å²) in [6.07, 6.45) is 3.72. The van der Waals surface area contributed by atoms with E-state index < -0.39 is 0 Å². The van der Waals surface area contributed by atoms with Crippen LogP contribution in [0.5, 0.6) is 5.75 Å². The van der Waals surface area contributed by atoms with Crippen LogP contribution < -0.4 is 4.74 Å². The molecule has 0 unspecified atom stereocenters. The summed E-state index contributed by atoms with van der Waals surface area (Å²) in [4.78, 5) is 2.46. The molecule has 7 heteroatoms. The van der Waals surface area contributed by atoms with Crippen molar-refractivity contribution in [3.8, 4) is 11.4 Å². The van der Waals surface area contributed by atoms with Crippen molar-refractivity contribution in [2.45, 2.75) is 43.1 Å². The summed E-state index contributed by atoms with van der Waals surface area (Å²) < 4.78 is 21.0. The van der Waals surface area contributed by atoms with E-state index >= 15 is 0 Å². The van der Waals surface area contributed by atoms with Gasteiger partial charge in [0.1, 0.15) is 11.6 Å². The molecule has 0 spiro atoms. The fraction of sp³-hybridized carbons (Fsp3) is 0.391. The number of rotatable bonds is 7. The van der Waals surface area contributed by atoms with Gasteiger partial charge in [-0.3, -0.25) is 9.47 Å². The second-order valence-corrected chi connectivity index (χ2v) is 8.51. The van der Waals surface area contributed by atoms with Gasteiger partial charge in [0.15, 0.2) is 11.0 Å². The van der Waals surface area contributed by atoms with Crippen LogP contribution in [0.25, 0.3) is 5.69 Å². The predicted octanol–water partition coefficient (Wildman–Crippen LogP) is 5.25. The molecular weight excluding hydrogens is 399 g/mol. The number of hydrogen-bond donors (Lipinski definition) is 0. The summed E-state index contributed by atoms with van der Waals surface area (Å²) in [6.45, 7) is 4.33. The van der Waals surface area contributed by atoms with Crippen LogP contribution in [0.4, 0.5) is 4.39 Å². The molecule has 5 nitrogen and oxygen atoms in total. The number of piperidine rings is 1. The number of ether oxygens (including phenoxy) is 1. The minimum absolute atomic E-state index is 0.147. The van der Waals surface area contributed by atoms with Gasteiger partial charge in [0.05, 0.1) is 13.2 Å². The fourth-order valence-corrected chi connectivity index (χ4v) is 4.76. The van der Waals surface area contributed by atoms with E-state index in [0.29, 0.717) is 0 Å². The maximum absolute atomic E-state index is 13.6. The Labute approximate surface area is 181 Å². The largest absolute Gasteiger partial charge is 0.497 e. The fourth-order valence-electron chi connectivity index (χ4n) is 3.86. The highest BCUT2D eigenvalue weighted by Gasteiger charge is 2.25. The Kier molecular flexibility index (Phi) is 6.69. The normalized spacial score (nSPS) is 15.8. The summed E-state index contributed by atoms with van der Waals surface area (Å²) in [6, 6.07) is 14.7. The molecule has 0 radical (unpaired) electrons. The van der Waals surface area contributed by atoms with E-state index in [4.69, 9.17) is 4.74 Å². The molecule has 3 aromatic rings. The third kappa shape index (κ3) is 4.68. The number of hydrogen-bond acceptors (Lipinski definition) is 5. The number of aromatic nitrogens is 3. The molecule has 0 N–H and O–H groups in total. The Balaban J connectivity index is 1.63. The van der Waals surface area contributed by atoms with E-state index in [-0.39, 0.29) is 11.9 Å². The van der Waals surface area contributed by atoms with Crippen molar-refractivity contribution in [1.29, 1.82) is 0 Å². The van der Waals surface area contributed by atoms with Crippen LogP contribution in [-0.4, -0.2) is 39.9 Å². The maximum atomic E-state index is 13.6. The molecule has 0 saturated carbocycles. The highest BCUT2D eigenvalue weighted by Crippen LogP contribution is 2.31. The molecule has 30 heavy (non-hydrogen) atoms. The van der Waals surface area contributed by atoms with Gasteiger partial charge in [-0.15, -0.1) is 10.2 Å². The first kappa shape index (κ1) is 20.9. The van der Waals surface area contributed by atoms with Crippen molar-refractivity contribution in [3.63, 3.8) is 0 Å². The quantitative estimate of drug-likeness (QED) is 0.483. The summed E-state index contributed by atoms with van der Waals surface area (Å²) >= 11 is 1.62. The lowest BCUT2D eigenvalue weighted by Gasteiger charge is -2.31. The second kappa shape index (κ2) is 9.62. The van der Waals surface area contributed by atoms with E-state index in [1.54, 1.807) is 31.0 Å². The van der Waals surface area contributed by atoms with Crippen LogP contribution in [0.2, 0.25) is 0 Å². The van der Waals surface area contributed by atoms with Crippen LogP contribution in [0.15, 0.2) is 53.7 Å². The van der Waals surface area contributed by atoms with E-state index in [0.717, 1.165) is 46.8 Å². The lowest BCUT2D eigenvalue weighted by atomic mass is 10.1. The van der Waals surface area contributed by atoms with Gasteiger partial charge in [0, 0.05) is 11.4 Å². The highest BCUT2D eigenvalue weighted by atomic mass is 32.2. The molecule has 2 aromatic carbocycles. The van der Waals surface area contributed by atoms with Crippen LogP contribution in [0, 0.1) is 5.82 Å². The molecular formula is C23H27FN4OS. The average Bonchev–Trinajstić information content (AvgIpc) is 3.22. The smallest absolute Gasteiger partial charge is 0.196 e. The van der Waals surface area contributed by atoms with Gasteiger partial charge in [-0.2, -0.15) is 0 Å². The molecule has 0 amide bonds. The van der Waals surface area contributed by atoms with E-state index in [9.17, 15) is 4.39 Å². The molecule has 0 aliphatic carbocycles. The molecule has 0 bridgehead atoms. The minimum atomic E-state index is -0.247. The molecule has 1 aliphatic rings. The van der Waals surface area contributed by atoms with Gasteiger partial charge in [-0.1, -0.05) is 30.3 Å². The first-order valence-corrected chi connectivity index (χ1v) is 11.4. The molecule has 1 aromatic heterocycles. The predicted molar refractivity (Wildman–Crippen MR) is 118 cm³/mol. The van der Waals surface area contributed by atoms with Crippen LogP contribution in [0.1, 0.15) is 43.6 Å². The van der Waals surface area contributed by atoms with Gasteiger partial charge in [-0.25, -0.2) is 4.39 Å². The Bertz CT molecular complexity index is 970. The number of benzene rings is 2. The minimum Gasteiger partial charge on any atom is -0.497 e. The monoisotopic (exact) mass is 426 g/mol. The highest BCUT2D eigenvalue weighted by molar-refractivity contribution is 7.98. The molecule has 4 rings (SSSR count). The van der Waals surface area contributed by atoms with Crippen LogP contribution in [-0.2, 0) is 5.75 Å². The lowest BCUT2D eigenvalue weighted by Crippen LogP contribution is -2.33. The molecule has 2 heterocycles. The Hall–Kier alpha value is -2.38. The first-order chi connectivity index (χ1) is 14.7. The zero-order chi connectivity index (χ0) is 20.9. The molecule has 158 valence electrons. The van der Waals surface area contributed by atoms with E-state index in [1.165, 1.54) is 31.4 Å². The van der Waals surface area contributed by atoms with Gasteiger partial charge < -0.3 is 4.74 Å². The summed E-state index contributed by atoms with van der Waals surface area (Å²) in [5.74, 6) is 2.24. The summed E-state index contributed by atoms with van der Waals surface area (Å²) in [5.41, 5.74) is 2.03. The standard InChI is InChI=1S/C23H27FN4OS/c1-17(27-13-4-3-5-14-27)22-25-26-23(28(22)20-11-9-19(24)10-12-20)30-16-18-7-6-8-21(15-18)29-2/h6-12,15,17H,3-5,13-14,16H2,1-2H3/t17-/m1/s1. The number of thioether (sulfide) groups is 1. The third-order valence-electron chi connectivity index (χ3n) is 5.56. The van der Waals surface area contributed by atoms with Crippen LogP contribution in [0.3, 0.4) is 0 Å². The van der Waals surface area contributed by atoms with E-state index in [2.05, 4.69) is 32.7 Å². The van der Waals surface area contributed by atoms with Crippen molar-refractivity contribution in [1.82, 2.24) is 19.7 Å². The average molecular weight is 427 g/mol. The molecule has 1 saturated heterocycles. The van der Waals surface area contributed by atoms with Gasteiger partial charge in [0.2, 0.25) is 0 Å². The number of likely N-dealkylation sites (tertiary alicyclic amines) is 1. The van der Waals surface area contributed by atoms with Crippen molar-refractivity contribution in [2.24, 2.45) is 0 Å². The lowest BCUT2D eigenvalue weighted by molar-refractivity contribution is 0.167. The van der Waals surface area contributed by atoms with Crippen molar-refractivity contribution in [2.75, 3.05) is 20.2 Å². The second-order valence-electron chi connectivity index (χ2n) is 7.57. The SMILES string of the molecule is COc1cccc(CSc2nnc([C@@H](C)N3CCCCC3)n2-c2ccc(F)cc2)c1. The number of halogens is 1. The zero-order valence-corrected chi connectivity index (χ0v) is 18.2. The third-order valence-corrected chi connectivity index (χ3v) is 6.56. The molecule has 1 atom stereocenters. The topological polar surface area (TPSA) is 43.2 Å².